The quantitative estimate of drug-likeness (QED) is 0.762. The molecule has 2 rings (SSSR count). The van der Waals surface area contributed by atoms with Crippen molar-refractivity contribution in [2.75, 3.05) is 0 Å². The number of nitrogens with one attached hydrogen (secondary N) is 1. The Kier molecular flexibility index (Phi) is 4.75. The molecule has 0 spiro atoms. The van der Waals surface area contributed by atoms with Gasteiger partial charge in [-0.2, -0.15) is 0 Å². The van der Waals surface area contributed by atoms with E-state index >= 15 is 0 Å². The molecule has 3 atom stereocenters. The van der Waals surface area contributed by atoms with E-state index in [-0.39, 0.29) is 0 Å². The predicted molar refractivity (Wildman–Crippen MR) is 79.8 cm³/mol. The van der Waals surface area contributed by atoms with Crippen LogP contribution in [0.5, 0.6) is 0 Å². The Bertz CT molecular complexity index is 252. The monoisotopic (exact) mass is 251 g/mol. The summed E-state index contributed by atoms with van der Waals surface area (Å²) >= 11 is 0. The SMILES string of the molecule is CC1CC(C)(C)CCC1N[C@@H](C)C1CCCCC1. The van der Waals surface area contributed by atoms with Crippen LogP contribution in [0.2, 0.25) is 0 Å². The third-order valence-electron chi connectivity index (χ3n) is 5.53. The highest BCUT2D eigenvalue weighted by Crippen LogP contribution is 2.39. The summed E-state index contributed by atoms with van der Waals surface area (Å²) in [6.45, 7) is 9.75. The van der Waals surface area contributed by atoms with Gasteiger partial charge in [0.1, 0.15) is 0 Å². The Hall–Kier alpha value is -0.0400. The molecule has 0 radical (unpaired) electrons. The van der Waals surface area contributed by atoms with Gasteiger partial charge in [-0.15, -0.1) is 0 Å². The van der Waals surface area contributed by atoms with Gasteiger partial charge in [0, 0.05) is 12.1 Å². The molecule has 18 heavy (non-hydrogen) atoms. The lowest BCUT2D eigenvalue weighted by Crippen LogP contribution is -2.48. The highest BCUT2D eigenvalue weighted by Gasteiger charge is 2.33. The summed E-state index contributed by atoms with van der Waals surface area (Å²) in [5.41, 5.74) is 0.575. The number of rotatable bonds is 3. The van der Waals surface area contributed by atoms with Crippen LogP contribution in [0.4, 0.5) is 0 Å². The summed E-state index contributed by atoms with van der Waals surface area (Å²) in [6.07, 6.45) is 11.5. The normalized spacial score (nSPS) is 35.3. The minimum absolute atomic E-state index is 0.575. The van der Waals surface area contributed by atoms with Gasteiger partial charge in [-0.25, -0.2) is 0 Å². The third kappa shape index (κ3) is 3.73. The molecule has 2 aliphatic rings. The molecule has 2 fully saturated rings. The van der Waals surface area contributed by atoms with E-state index in [1.165, 1.54) is 51.4 Å². The lowest BCUT2D eigenvalue weighted by Gasteiger charge is -2.42. The van der Waals surface area contributed by atoms with Gasteiger partial charge < -0.3 is 5.32 Å². The van der Waals surface area contributed by atoms with E-state index in [9.17, 15) is 0 Å². The first-order valence-electron chi connectivity index (χ1n) is 8.24. The van der Waals surface area contributed by atoms with Crippen LogP contribution in [0.15, 0.2) is 0 Å². The Morgan fingerprint density at radius 2 is 1.72 bits per heavy atom. The molecule has 1 N–H and O–H groups in total. The van der Waals surface area contributed by atoms with Crippen LogP contribution in [-0.4, -0.2) is 12.1 Å². The smallest absolute Gasteiger partial charge is 0.00956 e. The van der Waals surface area contributed by atoms with Gasteiger partial charge in [-0.05, 0) is 56.3 Å². The van der Waals surface area contributed by atoms with Crippen molar-refractivity contribution in [1.29, 1.82) is 0 Å². The first-order valence-corrected chi connectivity index (χ1v) is 8.24. The highest BCUT2D eigenvalue weighted by molar-refractivity contribution is 4.89. The van der Waals surface area contributed by atoms with Crippen LogP contribution < -0.4 is 5.32 Å². The van der Waals surface area contributed by atoms with E-state index in [1.807, 2.05) is 0 Å². The van der Waals surface area contributed by atoms with Gasteiger partial charge in [-0.1, -0.05) is 40.0 Å². The molecule has 0 saturated heterocycles. The van der Waals surface area contributed by atoms with E-state index in [1.54, 1.807) is 0 Å². The van der Waals surface area contributed by atoms with E-state index in [4.69, 9.17) is 0 Å². The first-order chi connectivity index (χ1) is 8.48. The standard InChI is InChI=1S/C17H33N/c1-13-12-17(3,4)11-10-16(13)18-14(2)15-8-6-5-7-9-15/h13-16,18H,5-12H2,1-4H3/t13?,14-,16?/m0/s1. The summed E-state index contributed by atoms with van der Waals surface area (Å²) in [5, 5.41) is 3.98. The van der Waals surface area contributed by atoms with Crippen molar-refractivity contribution in [3.63, 3.8) is 0 Å². The molecule has 1 nitrogen and oxygen atoms in total. The Morgan fingerprint density at radius 1 is 1.06 bits per heavy atom. The van der Waals surface area contributed by atoms with Gasteiger partial charge in [0.25, 0.3) is 0 Å². The molecule has 0 aromatic rings. The molecule has 0 aromatic carbocycles. The number of hydrogen-bond donors (Lipinski definition) is 1. The van der Waals surface area contributed by atoms with Crippen LogP contribution in [0, 0.1) is 17.3 Å². The molecule has 0 aliphatic heterocycles. The van der Waals surface area contributed by atoms with Crippen molar-refractivity contribution in [1.82, 2.24) is 5.32 Å². The fraction of sp³-hybridized carbons (Fsp3) is 1.00. The van der Waals surface area contributed by atoms with E-state index in [2.05, 4.69) is 33.0 Å². The maximum atomic E-state index is 3.98. The molecule has 0 bridgehead atoms. The molecule has 0 amide bonds. The second-order valence-corrected chi connectivity index (χ2v) is 7.84. The average Bonchev–Trinajstić information content (AvgIpc) is 2.33. The van der Waals surface area contributed by atoms with E-state index in [0.717, 1.165) is 23.9 Å². The second-order valence-electron chi connectivity index (χ2n) is 7.84. The van der Waals surface area contributed by atoms with Crippen LogP contribution in [0.1, 0.15) is 79.1 Å². The van der Waals surface area contributed by atoms with Crippen molar-refractivity contribution in [3.05, 3.63) is 0 Å². The Morgan fingerprint density at radius 3 is 2.33 bits per heavy atom. The third-order valence-corrected chi connectivity index (χ3v) is 5.53. The molecular weight excluding hydrogens is 218 g/mol. The van der Waals surface area contributed by atoms with E-state index in [0.29, 0.717) is 5.41 Å². The number of hydrogen-bond acceptors (Lipinski definition) is 1. The lowest BCUT2D eigenvalue weighted by molar-refractivity contribution is 0.130. The molecule has 2 saturated carbocycles. The van der Waals surface area contributed by atoms with E-state index < -0.39 is 0 Å². The summed E-state index contributed by atoms with van der Waals surface area (Å²) < 4.78 is 0. The average molecular weight is 251 g/mol. The second kappa shape index (κ2) is 5.94. The fourth-order valence-corrected chi connectivity index (χ4v) is 4.30. The van der Waals surface area contributed by atoms with Gasteiger partial charge in [-0.3, -0.25) is 0 Å². The van der Waals surface area contributed by atoms with Gasteiger partial charge in [0.2, 0.25) is 0 Å². The molecule has 2 aliphatic carbocycles. The summed E-state index contributed by atoms with van der Waals surface area (Å²) in [7, 11) is 0. The van der Waals surface area contributed by atoms with Gasteiger partial charge in [0.15, 0.2) is 0 Å². The molecule has 0 heterocycles. The Labute approximate surface area is 114 Å². The minimum atomic E-state index is 0.575. The minimum Gasteiger partial charge on any atom is -0.311 e. The van der Waals surface area contributed by atoms with Crippen molar-refractivity contribution in [3.8, 4) is 0 Å². The zero-order chi connectivity index (χ0) is 13.2. The van der Waals surface area contributed by atoms with Gasteiger partial charge in [0.05, 0.1) is 0 Å². The molecule has 0 aromatic heterocycles. The molecular formula is C17H33N. The van der Waals surface area contributed by atoms with Crippen molar-refractivity contribution >= 4 is 0 Å². The zero-order valence-corrected chi connectivity index (χ0v) is 13.0. The first kappa shape index (κ1) is 14.4. The molecule has 106 valence electrons. The predicted octanol–water partition coefficient (Wildman–Crippen LogP) is 4.76. The van der Waals surface area contributed by atoms with Gasteiger partial charge >= 0.3 is 0 Å². The van der Waals surface area contributed by atoms with Crippen LogP contribution >= 0.6 is 0 Å². The van der Waals surface area contributed by atoms with Crippen LogP contribution in [0.3, 0.4) is 0 Å². The molecule has 1 heteroatoms. The maximum Gasteiger partial charge on any atom is 0.00956 e. The highest BCUT2D eigenvalue weighted by atomic mass is 15.0. The van der Waals surface area contributed by atoms with Crippen LogP contribution in [-0.2, 0) is 0 Å². The topological polar surface area (TPSA) is 12.0 Å². The fourth-order valence-electron chi connectivity index (χ4n) is 4.30. The van der Waals surface area contributed by atoms with Crippen molar-refractivity contribution in [2.45, 2.75) is 91.1 Å². The Balaban J connectivity index is 1.81. The largest absolute Gasteiger partial charge is 0.311 e. The van der Waals surface area contributed by atoms with Crippen LogP contribution in [0.25, 0.3) is 0 Å². The zero-order valence-electron chi connectivity index (χ0n) is 13.0. The lowest BCUT2D eigenvalue weighted by atomic mass is 9.70. The summed E-state index contributed by atoms with van der Waals surface area (Å²) in [4.78, 5) is 0. The van der Waals surface area contributed by atoms with Crippen molar-refractivity contribution < 1.29 is 0 Å². The summed E-state index contributed by atoms with van der Waals surface area (Å²) in [6, 6.07) is 1.51. The summed E-state index contributed by atoms with van der Waals surface area (Å²) in [5.74, 6) is 1.79. The maximum absolute atomic E-state index is 3.98. The molecule has 2 unspecified atom stereocenters. The van der Waals surface area contributed by atoms with Crippen molar-refractivity contribution in [2.24, 2.45) is 17.3 Å².